The van der Waals surface area contributed by atoms with Crippen LogP contribution < -0.4 is 5.19 Å². The van der Waals surface area contributed by atoms with Crippen LogP contribution in [0.4, 0.5) is 0 Å². The summed E-state index contributed by atoms with van der Waals surface area (Å²) in [6.45, 7) is 13.5. The highest BCUT2D eigenvalue weighted by Crippen LogP contribution is 2.35. The monoisotopic (exact) mass is 340 g/mol. The summed E-state index contributed by atoms with van der Waals surface area (Å²) in [6.07, 6.45) is 1.09. The second-order valence-corrected chi connectivity index (χ2v) is 13.0. The molecular formula is C22H32OSi. The fraction of sp³-hybridized carbons (Fsp3) is 0.455. The Bertz CT molecular complexity index is 643. The highest BCUT2D eigenvalue weighted by molar-refractivity contribution is 6.89. The summed E-state index contributed by atoms with van der Waals surface area (Å²) >= 11 is 0. The molecule has 0 saturated carbocycles. The van der Waals surface area contributed by atoms with Crippen LogP contribution in [-0.2, 0) is 6.42 Å². The maximum atomic E-state index is 10.6. The lowest BCUT2D eigenvalue weighted by Gasteiger charge is -2.24. The molecule has 0 amide bonds. The number of phenolic OH excluding ortho intramolecular Hbond substituents is 1. The van der Waals surface area contributed by atoms with E-state index in [0.717, 1.165) is 17.5 Å². The zero-order valence-corrected chi connectivity index (χ0v) is 17.1. The van der Waals surface area contributed by atoms with Crippen molar-refractivity contribution in [3.63, 3.8) is 0 Å². The molecule has 0 atom stereocenters. The van der Waals surface area contributed by atoms with Crippen LogP contribution in [0.1, 0.15) is 56.2 Å². The van der Waals surface area contributed by atoms with Gasteiger partial charge in [-0.3, -0.25) is 0 Å². The van der Waals surface area contributed by atoms with E-state index in [4.69, 9.17) is 0 Å². The Morgan fingerprint density at radius 2 is 1.38 bits per heavy atom. The molecule has 0 aliphatic heterocycles. The first kappa shape index (κ1) is 18.8. The van der Waals surface area contributed by atoms with Crippen molar-refractivity contribution >= 4 is 13.3 Å². The van der Waals surface area contributed by atoms with Crippen molar-refractivity contribution in [1.82, 2.24) is 0 Å². The predicted molar refractivity (Wildman–Crippen MR) is 108 cm³/mol. The molecule has 1 nitrogen and oxygen atoms in total. The van der Waals surface area contributed by atoms with Crippen molar-refractivity contribution in [3.8, 4) is 5.75 Å². The molecule has 0 fully saturated rings. The van der Waals surface area contributed by atoms with Gasteiger partial charge in [-0.25, -0.2) is 0 Å². The van der Waals surface area contributed by atoms with E-state index in [1.165, 1.54) is 16.8 Å². The summed E-state index contributed by atoms with van der Waals surface area (Å²) in [5, 5.41) is 12.1. The molecule has 2 rings (SSSR count). The van der Waals surface area contributed by atoms with Gasteiger partial charge in [-0.2, -0.15) is 0 Å². The highest BCUT2D eigenvalue weighted by Gasteiger charge is 2.23. The lowest BCUT2D eigenvalue weighted by molar-refractivity contribution is 0.454. The van der Waals surface area contributed by atoms with Gasteiger partial charge in [0.2, 0.25) is 0 Å². The average Bonchev–Trinajstić information content (AvgIpc) is 2.54. The van der Waals surface area contributed by atoms with Crippen molar-refractivity contribution in [2.45, 2.75) is 65.1 Å². The lowest BCUT2D eigenvalue weighted by Crippen LogP contribution is -2.41. The molecule has 0 bridgehead atoms. The second-order valence-electron chi connectivity index (χ2n) is 8.18. The van der Waals surface area contributed by atoms with E-state index >= 15 is 0 Å². The third-order valence-corrected chi connectivity index (χ3v) is 8.46. The predicted octanol–water partition coefficient (Wildman–Crippen LogP) is 5.80. The number of benzene rings is 2. The topological polar surface area (TPSA) is 20.2 Å². The van der Waals surface area contributed by atoms with Crippen molar-refractivity contribution < 1.29 is 5.11 Å². The smallest absolute Gasteiger partial charge is 0.122 e. The van der Waals surface area contributed by atoms with E-state index in [9.17, 15) is 5.11 Å². The van der Waals surface area contributed by atoms with E-state index in [1.807, 2.05) is 0 Å². The van der Waals surface area contributed by atoms with E-state index < -0.39 is 8.07 Å². The normalized spacial score (nSPS) is 12.2. The molecule has 2 aromatic rings. The SMILES string of the molecule is CC(C)c1cc(CC[Si](C)(C)c2ccccc2)cc(C(C)C)c1O. The van der Waals surface area contributed by atoms with E-state index in [0.29, 0.717) is 17.6 Å². The minimum Gasteiger partial charge on any atom is -0.507 e. The molecule has 0 radical (unpaired) electrons. The standard InChI is InChI=1S/C22H32OSi/c1-16(2)20-14-18(15-21(17(3)4)22(20)23)12-13-24(5,6)19-10-8-7-9-11-19/h7-11,14-17,23H,12-13H2,1-6H3. The third-order valence-electron chi connectivity index (χ3n) is 5.07. The van der Waals surface area contributed by atoms with E-state index in [2.05, 4.69) is 83.3 Å². The molecule has 1 N–H and O–H groups in total. The van der Waals surface area contributed by atoms with Gasteiger partial charge in [-0.05, 0) is 41.0 Å². The maximum absolute atomic E-state index is 10.6. The van der Waals surface area contributed by atoms with Gasteiger partial charge in [0.15, 0.2) is 0 Å². The molecule has 0 aliphatic rings. The molecular weight excluding hydrogens is 308 g/mol. The number of aryl methyl sites for hydroxylation is 1. The molecule has 130 valence electrons. The Morgan fingerprint density at radius 3 is 1.83 bits per heavy atom. The van der Waals surface area contributed by atoms with Crippen LogP contribution in [0.3, 0.4) is 0 Å². The fourth-order valence-electron chi connectivity index (χ4n) is 3.26. The van der Waals surface area contributed by atoms with Gasteiger partial charge in [0.05, 0.1) is 8.07 Å². The minimum atomic E-state index is -1.43. The minimum absolute atomic E-state index is 0.349. The number of rotatable bonds is 6. The number of aromatic hydroxyl groups is 1. The molecule has 0 saturated heterocycles. The Hall–Kier alpha value is -1.54. The molecule has 0 heterocycles. The average molecular weight is 341 g/mol. The van der Waals surface area contributed by atoms with Crippen molar-refractivity contribution in [2.24, 2.45) is 0 Å². The molecule has 0 aromatic heterocycles. The largest absolute Gasteiger partial charge is 0.507 e. The Labute approximate surface area is 148 Å². The zero-order chi connectivity index (χ0) is 17.9. The Balaban J connectivity index is 2.26. The molecule has 0 aliphatic carbocycles. The Morgan fingerprint density at radius 1 is 0.875 bits per heavy atom. The summed E-state index contributed by atoms with van der Waals surface area (Å²) in [7, 11) is -1.43. The fourth-order valence-corrected chi connectivity index (χ4v) is 5.56. The van der Waals surface area contributed by atoms with Gasteiger partial charge in [-0.15, -0.1) is 0 Å². The van der Waals surface area contributed by atoms with Crippen molar-refractivity contribution in [1.29, 1.82) is 0 Å². The molecule has 2 heteroatoms. The van der Waals surface area contributed by atoms with Crippen molar-refractivity contribution in [2.75, 3.05) is 0 Å². The molecule has 0 spiro atoms. The number of hydrogen-bond acceptors (Lipinski definition) is 1. The zero-order valence-electron chi connectivity index (χ0n) is 16.1. The summed E-state index contributed by atoms with van der Waals surface area (Å²) < 4.78 is 0. The molecule has 2 aromatic carbocycles. The van der Waals surface area contributed by atoms with Crippen LogP contribution in [-0.4, -0.2) is 13.2 Å². The van der Waals surface area contributed by atoms with Crippen LogP contribution in [0.25, 0.3) is 0 Å². The first-order valence-corrected chi connectivity index (χ1v) is 12.3. The van der Waals surface area contributed by atoms with Gasteiger partial charge in [0.1, 0.15) is 5.75 Å². The number of phenols is 1. The van der Waals surface area contributed by atoms with Crippen LogP contribution in [0, 0.1) is 0 Å². The van der Waals surface area contributed by atoms with Gasteiger partial charge in [0, 0.05) is 0 Å². The summed E-state index contributed by atoms with van der Waals surface area (Å²) in [5.41, 5.74) is 3.56. The van der Waals surface area contributed by atoms with Crippen molar-refractivity contribution in [3.05, 3.63) is 59.2 Å². The Kier molecular flexibility index (Phi) is 5.92. The maximum Gasteiger partial charge on any atom is 0.122 e. The van der Waals surface area contributed by atoms with Gasteiger partial charge in [-0.1, -0.05) is 88.4 Å². The van der Waals surface area contributed by atoms with Crippen LogP contribution in [0.15, 0.2) is 42.5 Å². The van der Waals surface area contributed by atoms with Crippen LogP contribution >= 0.6 is 0 Å². The first-order valence-electron chi connectivity index (χ1n) is 9.13. The lowest BCUT2D eigenvalue weighted by atomic mass is 9.91. The van der Waals surface area contributed by atoms with E-state index in [-0.39, 0.29) is 0 Å². The molecule has 24 heavy (non-hydrogen) atoms. The van der Waals surface area contributed by atoms with Gasteiger partial charge in [0.25, 0.3) is 0 Å². The van der Waals surface area contributed by atoms with Crippen LogP contribution in [0.5, 0.6) is 5.75 Å². The third kappa shape index (κ3) is 4.30. The van der Waals surface area contributed by atoms with Crippen LogP contribution in [0.2, 0.25) is 19.1 Å². The second kappa shape index (κ2) is 7.56. The molecule has 0 unspecified atom stereocenters. The summed E-state index contributed by atoms with van der Waals surface area (Å²) in [4.78, 5) is 0. The first-order chi connectivity index (χ1) is 11.2. The number of hydrogen-bond donors (Lipinski definition) is 1. The van der Waals surface area contributed by atoms with E-state index in [1.54, 1.807) is 0 Å². The summed E-state index contributed by atoms with van der Waals surface area (Å²) in [6, 6.07) is 16.6. The quantitative estimate of drug-likeness (QED) is 0.659. The summed E-state index contributed by atoms with van der Waals surface area (Å²) in [5.74, 6) is 1.20. The van der Waals surface area contributed by atoms with Gasteiger partial charge >= 0.3 is 0 Å². The van der Waals surface area contributed by atoms with Gasteiger partial charge < -0.3 is 5.11 Å². The highest BCUT2D eigenvalue weighted by atomic mass is 28.3.